The van der Waals surface area contributed by atoms with Crippen LogP contribution in [0.2, 0.25) is 0 Å². The summed E-state index contributed by atoms with van der Waals surface area (Å²) in [4.78, 5) is 0. The van der Waals surface area contributed by atoms with E-state index in [4.69, 9.17) is 10.5 Å². The van der Waals surface area contributed by atoms with E-state index in [0.29, 0.717) is 0 Å². The fraction of sp³-hybridized carbons (Fsp3) is 0.500. The molecule has 1 aliphatic heterocycles. The van der Waals surface area contributed by atoms with Crippen molar-refractivity contribution in [2.24, 2.45) is 5.73 Å². The normalized spacial score (nSPS) is 17.5. The van der Waals surface area contributed by atoms with Crippen molar-refractivity contribution in [2.45, 2.75) is 25.4 Å². The standard InChI is InChI=1S/C12H17NO2/c13-8-11(14)9-4-5-12-10(7-9)3-1-2-6-15-12/h4-5,7,11,14H,1-3,6,8,13H2. The van der Waals surface area contributed by atoms with Crippen molar-refractivity contribution in [1.29, 1.82) is 0 Å². The highest BCUT2D eigenvalue weighted by atomic mass is 16.5. The third-order valence-corrected chi connectivity index (χ3v) is 2.79. The number of hydrogen-bond donors (Lipinski definition) is 2. The third-order valence-electron chi connectivity index (χ3n) is 2.79. The smallest absolute Gasteiger partial charge is 0.122 e. The summed E-state index contributed by atoms with van der Waals surface area (Å²) in [6.07, 6.45) is 2.72. The summed E-state index contributed by atoms with van der Waals surface area (Å²) in [5.74, 6) is 0.959. The van der Waals surface area contributed by atoms with Gasteiger partial charge in [-0.05, 0) is 42.5 Å². The van der Waals surface area contributed by atoms with Crippen LogP contribution in [0.15, 0.2) is 18.2 Å². The molecule has 0 aromatic heterocycles. The molecule has 1 heterocycles. The largest absolute Gasteiger partial charge is 0.493 e. The van der Waals surface area contributed by atoms with Crippen LogP contribution in [-0.4, -0.2) is 18.3 Å². The first-order valence-corrected chi connectivity index (χ1v) is 5.45. The Labute approximate surface area is 89.9 Å². The molecule has 0 radical (unpaired) electrons. The molecule has 0 fully saturated rings. The summed E-state index contributed by atoms with van der Waals surface area (Å²) < 4.78 is 5.60. The van der Waals surface area contributed by atoms with Gasteiger partial charge in [-0.3, -0.25) is 0 Å². The molecule has 3 N–H and O–H groups in total. The van der Waals surface area contributed by atoms with Gasteiger partial charge in [0.15, 0.2) is 0 Å². The van der Waals surface area contributed by atoms with E-state index in [1.54, 1.807) is 0 Å². The minimum Gasteiger partial charge on any atom is -0.493 e. The molecule has 15 heavy (non-hydrogen) atoms. The van der Waals surface area contributed by atoms with E-state index in [0.717, 1.165) is 37.2 Å². The van der Waals surface area contributed by atoms with E-state index in [1.807, 2.05) is 18.2 Å². The zero-order valence-corrected chi connectivity index (χ0v) is 8.78. The first-order chi connectivity index (χ1) is 7.31. The van der Waals surface area contributed by atoms with Crippen molar-refractivity contribution in [1.82, 2.24) is 0 Å². The molecule has 1 aliphatic rings. The second-order valence-electron chi connectivity index (χ2n) is 3.92. The lowest BCUT2D eigenvalue weighted by Gasteiger charge is -2.12. The number of nitrogens with two attached hydrogens (primary N) is 1. The average molecular weight is 207 g/mol. The predicted octanol–water partition coefficient (Wildman–Crippen LogP) is 1.39. The molecule has 1 aromatic rings. The maximum atomic E-state index is 9.64. The number of ether oxygens (including phenoxy) is 1. The van der Waals surface area contributed by atoms with Crippen molar-refractivity contribution in [2.75, 3.05) is 13.2 Å². The fourth-order valence-corrected chi connectivity index (χ4v) is 1.88. The molecule has 0 bridgehead atoms. The van der Waals surface area contributed by atoms with Crippen molar-refractivity contribution in [3.8, 4) is 5.75 Å². The first-order valence-electron chi connectivity index (χ1n) is 5.45. The summed E-state index contributed by atoms with van der Waals surface area (Å²) in [5.41, 5.74) is 7.51. The Kier molecular flexibility index (Phi) is 3.23. The van der Waals surface area contributed by atoms with Gasteiger partial charge in [-0.15, -0.1) is 0 Å². The van der Waals surface area contributed by atoms with Gasteiger partial charge in [0.1, 0.15) is 5.75 Å². The second kappa shape index (κ2) is 4.64. The third kappa shape index (κ3) is 2.30. The topological polar surface area (TPSA) is 55.5 Å². The van der Waals surface area contributed by atoms with Gasteiger partial charge in [0.25, 0.3) is 0 Å². The van der Waals surface area contributed by atoms with Crippen LogP contribution in [0, 0.1) is 0 Å². The SMILES string of the molecule is NCC(O)c1ccc2c(c1)CCCCO2. The van der Waals surface area contributed by atoms with Gasteiger partial charge in [-0.1, -0.05) is 6.07 Å². The van der Waals surface area contributed by atoms with E-state index >= 15 is 0 Å². The van der Waals surface area contributed by atoms with E-state index < -0.39 is 6.10 Å². The molecule has 3 nitrogen and oxygen atoms in total. The summed E-state index contributed by atoms with van der Waals surface area (Å²) >= 11 is 0. The minimum atomic E-state index is -0.557. The van der Waals surface area contributed by atoms with Crippen molar-refractivity contribution in [3.63, 3.8) is 0 Å². The van der Waals surface area contributed by atoms with E-state index in [1.165, 1.54) is 5.56 Å². The Morgan fingerprint density at radius 2 is 2.27 bits per heavy atom. The lowest BCUT2D eigenvalue weighted by Crippen LogP contribution is -2.11. The van der Waals surface area contributed by atoms with Crippen LogP contribution in [0.1, 0.15) is 30.1 Å². The van der Waals surface area contributed by atoms with Crippen molar-refractivity contribution in [3.05, 3.63) is 29.3 Å². The average Bonchev–Trinajstić information content (AvgIpc) is 2.51. The molecule has 0 aliphatic carbocycles. The fourth-order valence-electron chi connectivity index (χ4n) is 1.88. The predicted molar refractivity (Wildman–Crippen MR) is 58.9 cm³/mol. The molecule has 0 saturated carbocycles. The van der Waals surface area contributed by atoms with Crippen LogP contribution in [0.25, 0.3) is 0 Å². The number of benzene rings is 1. The van der Waals surface area contributed by atoms with E-state index in [2.05, 4.69) is 0 Å². The first kappa shape index (κ1) is 10.5. The monoisotopic (exact) mass is 207 g/mol. The number of aliphatic hydroxyl groups excluding tert-OH is 1. The Balaban J connectivity index is 2.27. The van der Waals surface area contributed by atoms with E-state index in [-0.39, 0.29) is 6.54 Å². The molecule has 1 unspecified atom stereocenters. The summed E-state index contributed by atoms with van der Waals surface area (Å²) in [6.45, 7) is 1.06. The van der Waals surface area contributed by atoms with E-state index in [9.17, 15) is 5.11 Å². The van der Waals surface area contributed by atoms with Gasteiger partial charge in [-0.25, -0.2) is 0 Å². The maximum Gasteiger partial charge on any atom is 0.122 e. The number of fused-ring (bicyclic) bond motifs is 1. The molecule has 0 amide bonds. The van der Waals surface area contributed by atoms with Crippen LogP contribution < -0.4 is 10.5 Å². The molecule has 1 atom stereocenters. The van der Waals surface area contributed by atoms with Gasteiger partial charge >= 0.3 is 0 Å². The highest BCUT2D eigenvalue weighted by molar-refractivity contribution is 5.38. The lowest BCUT2D eigenvalue weighted by molar-refractivity contribution is 0.186. The number of aliphatic hydroxyl groups is 1. The second-order valence-corrected chi connectivity index (χ2v) is 3.92. The number of aryl methyl sites for hydroxylation is 1. The molecule has 3 heteroatoms. The molecular formula is C12H17NO2. The summed E-state index contributed by atoms with van der Waals surface area (Å²) in [6, 6.07) is 5.84. The van der Waals surface area contributed by atoms with Crippen LogP contribution in [0.5, 0.6) is 5.75 Å². The quantitative estimate of drug-likeness (QED) is 0.770. The van der Waals surface area contributed by atoms with Crippen LogP contribution in [0.3, 0.4) is 0 Å². The lowest BCUT2D eigenvalue weighted by atomic mass is 10.0. The highest BCUT2D eigenvalue weighted by Crippen LogP contribution is 2.27. The van der Waals surface area contributed by atoms with Gasteiger partial charge in [0.2, 0.25) is 0 Å². The van der Waals surface area contributed by atoms with Gasteiger partial charge in [0, 0.05) is 6.54 Å². The molecule has 0 saturated heterocycles. The van der Waals surface area contributed by atoms with Crippen LogP contribution >= 0.6 is 0 Å². The minimum absolute atomic E-state index is 0.264. The van der Waals surface area contributed by atoms with Crippen LogP contribution in [0.4, 0.5) is 0 Å². The maximum absolute atomic E-state index is 9.64. The Morgan fingerprint density at radius 3 is 3.07 bits per heavy atom. The summed E-state index contributed by atoms with van der Waals surface area (Å²) in [7, 11) is 0. The molecule has 0 spiro atoms. The zero-order chi connectivity index (χ0) is 10.7. The van der Waals surface area contributed by atoms with Crippen molar-refractivity contribution >= 4 is 0 Å². The van der Waals surface area contributed by atoms with Crippen LogP contribution in [-0.2, 0) is 6.42 Å². The highest BCUT2D eigenvalue weighted by Gasteiger charge is 2.12. The summed E-state index contributed by atoms with van der Waals surface area (Å²) in [5, 5.41) is 9.64. The van der Waals surface area contributed by atoms with Gasteiger partial charge in [0.05, 0.1) is 12.7 Å². The number of hydrogen-bond acceptors (Lipinski definition) is 3. The molecular weight excluding hydrogens is 190 g/mol. The zero-order valence-electron chi connectivity index (χ0n) is 8.78. The molecule has 82 valence electrons. The molecule has 2 rings (SSSR count). The Hall–Kier alpha value is -1.06. The Bertz CT molecular complexity index is 338. The molecule has 1 aromatic carbocycles. The Morgan fingerprint density at radius 1 is 1.40 bits per heavy atom. The van der Waals surface area contributed by atoms with Gasteiger partial charge < -0.3 is 15.6 Å². The number of rotatable bonds is 2. The van der Waals surface area contributed by atoms with Crippen molar-refractivity contribution < 1.29 is 9.84 Å². The van der Waals surface area contributed by atoms with Gasteiger partial charge in [-0.2, -0.15) is 0 Å².